The van der Waals surface area contributed by atoms with Gasteiger partial charge in [0.2, 0.25) is 0 Å². The van der Waals surface area contributed by atoms with Crippen LogP contribution >= 0.6 is 0 Å². The number of benzene rings is 2. The predicted octanol–water partition coefficient (Wildman–Crippen LogP) is 4.03. The number of aromatic nitrogens is 3. The fourth-order valence-electron chi connectivity index (χ4n) is 3.17. The van der Waals surface area contributed by atoms with Gasteiger partial charge in [0.25, 0.3) is 11.6 Å². The Morgan fingerprint density at radius 2 is 1.88 bits per heavy atom. The maximum atomic E-state index is 13.0. The number of hydrogen-bond donors (Lipinski definition) is 1. The number of nitrogens with zero attached hydrogens (tertiary/aromatic N) is 4. The molecule has 2 heterocycles. The van der Waals surface area contributed by atoms with E-state index in [1.165, 1.54) is 37.4 Å². The van der Waals surface area contributed by atoms with Gasteiger partial charge in [-0.25, -0.2) is 9.48 Å². The number of non-ortho nitro benzene ring substituents is 1. The molecular formula is C24H19N5O5. The number of nitro benzene ring substituents is 1. The van der Waals surface area contributed by atoms with Crippen LogP contribution in [0, 0.1) is 10.1 Å². The Hall–Kier alpha value is -4.86. The smallest absolute Gasteiger partial charge is 0.342 e. The fourth-order valence-corrected chi connectivity index (χ4v) is 3.17. The van der Waals surface area contributed by atoms with Gasteiger partial charge in [-0.1, -0.05) is 24.3 Å². The van der Waals surface area contributed by atoms with Crippen LogP contribution in [0.15, 0.2) is 85.3 Å². The van der Waals surface area contributed by atoms with Crippen LogP contribution in [0.1, 0.15) is 17.3 Å². The van der Waals surface area contributed by atoms with Crippen molar-refractivity contribution in [3.8, 4) is 16.9 Å². The summed E-state index contributed by atoms with van der Waals surface area (Å²) < 4.78 is 6.95. The molecule has 1 atom stereocenters. The molecule has 2 aromatic carbocycles. The number of hydrogen-bond acceptors (Lipinski definition) is 7. The van der Waals surface area contributed by atoms with E-state index < -0.39 is 22.9 Å². The Balaban J connectivity index is 1.56. The minimum atomic E-state index is -1.17. The monoisotopic (exact) mass is 457 g/mol. The number of amides is 1. The summed E-state index contributed by atoms with van der Waals surface area (Å²) in [6.45, 7) is 1.41. The third kappa shape index (κ3) is 4.96. The van der Waals surface area contributed by atoms with Gasteiger partial charge in [0.15, 0.2) is 6.10 Å². The molecule has 34 heavy (non-hydrogen) atoms. The number of nitrogens with one attached hydrogen (secondary N) is 1. The average molecular weight is 457 g/mol. The van der Waals surface area contributed by atoms with E-state index in [1.807, 2.05) is 30.3 Å². The number of esters is 1. The first-order valence-electron chi connectivity index (χ1n) is 10.2. The van der Waals surface area contributed by atoms with Gasteiger partial charge in [-0.05, 0) is 37.3 Å². The van der Waals surface area contributed by atoms with E-state index in [1.54, 1.807) is 29.2 Å². The molecule has 0 aliphatic rings. The molecule has 0 unspecified atom stereocenters. The largest absolute Gasteiger partial charge is 0.449 e. The van der Waals surface area contributed by atoms with Crippen molar-refractivity contribution < 1.29 is 19.2 Å². The van der Waals surface area contributed by atoms with Gasteiger partial charge < -0.3 is 10.1 Å². The molecule has 4 aromatic rings. The minimum absolute atomic E-state index is 0.159. The van der Waals surface area contributed by atoms with E-state index in [-0.39, 0.29) is 16.9 Å². The number of para-hydroxylation sites is 1. The number of nitro groups is 1. The molecule has 0 fully saturated rings. The third-order valence-electron chi connectivity index (χ3n) is 4.87. The number of ether oxygens (including phenoxy) is 1. The highest BCUT2D eigenvalue weighted by atomic mass is 16.6. The van der Waals surface area contributed by atoms with Crippen molar-refractivity contribution in [3.05, 3.63) is 101 Å². The van der Waals surface area contributed by atoms with Crippen LogP contribution in [0.25, 0.3) is 16.9 Å². The first-order valence-corrected chi connectivity index (χ1v) is 10.2. The van der Waals surface area contributed by atoms with E-state index in [0.717, 1.165) is 5.69 Å². The van der Waals surface area contributed by atoms with E-state index in [0.29, 0.717) is 11.3 Å². The molecule has 0 radical (unpaired) electrons. The molecule has 1 N–H and O–H groups in total. The van der Waals surface area contributed by atoms with Gasteiger partial charge in [-0.2, -0.15) is 5.10 Å². The lowest BCUT2D eigenvalue weighted by Crippen LogP contribution is -2.30. The quantitative estimate of drug-likeness (QED) is 0.252. The molecule has 10 heteroatoms. The average Bonchev–Trinajstić information content (AvgIpc) is 3.31. The molecule has 2 aromatic heterocycles. The van der Waals surface area contributed by atoms with Gasteiger partial charge in [0.05, 0.1) is 10.6 Å². The summed E-state index contributed by atoms with van der Waals surface area (Å²) in [5.41, 5.74) is 1.91. The second kappa shape index (κ2) is 9.74. The predicted molar refractivity (Wildman–Crippen MR) is 123 cm³/mol. The Bertz CT molecular complexity index is 1340. The lowest BCUT2D eigenvalue weighted by molar-refractivity contribution is -0.384. The summed E-state index contributed by atoms with van der Waals surface area (Å²) in [7, 11) is 0. The Kier molecular flexibility index (Phi) is 6.40. The van der Waals surface area contributed by atoms with E-state index in [4.69, 9.17) is 4.74 Å². The lowest BCUT2D eigenvalue weighted by Gasteiger charge is -2.13. The Morgan fingerprint density at radius 3 is 2.59 bits per heavy atom. The summed E-state index contributed by atoms with van der Waals surface area (Å²) in [4.78, 5) is 40.0. The number of pyridine rings is 1. The first-order chi connectivity index (χ1) is 16.4. The molecular weight excluding hydrogens is 438 g/mol. The van der Waals surface area contributed by atoms with Crippen LogP contribution in [0.4, 0.5) is 11.4 Å². The van der Waals surface area contributed by atoms with Crippen molar-refractivity contribution in [3.63, 3.8) is 0 Å². The van der Waals surface area contributed by atoms with Crippen molar-refractivity contribution >= 4 is 23.3 Å². The Morgan fingerprint density at radius 1 is 1.09 bits per heavy atom. The molecule has 1 amide bonds. The Labute approximate surface area is 194 Å². The van der Waals surface area contributed by atoms with Gasteiger partial charge in [-0.15, -0.1) is 0 Å². The molecule has 0 aliphatic heterocycles. The van der Waals surface area contributed by atoms with Crippen molar-refractivity contribution in [1.29, 1.82) is 0 Å². The highest BCUT2D eigenvalue weighted by Crippen LogP contribution is 2.24. The summed E-state index contributed by atoms with van der Waals surface area (Å²) in [6.07, 6.45) is 3.54. The van der Waals surface area contributed by atoms with E-state index in [9.17, 15) is 19.7 Å². The standard InChI is InChI=1S/C24H19N5O5/c1-16(23(30)26-18-8-5-11-20(13-18)29(32)33)34-24(31)21-15-28(19-9-3-2-4-10-19)27-22(21)17-7-6-12-25-14-17/h2-16H,1H3,(H,26,30)/t16-/m1/s1. The van der Waals surface area contributed by atoms with Crippen molar-refractivity contribution in [2.75, 3.05) is 5.32 Å². The maximum Gasteiger partial charge on any atom is 0.342 e. The zero-order valence-corrected chi connectivity index (χ0v) is 18.0. The highest BCUT2D eigenvalue weighted by molar-refractivity contribution is 6.00. The van der Waals surface area contributed by atoms with Crippen LogP contribution in [0.3, 0.4) is 0 Å². The number of carbonyl (C=O) groups is 2. The second-order valence-electron chi connectivity index (χ2n) is 7.26. The van der Waals surface area contributed by atoms with Crippen LogP contribution in [0.2, 0.25) is 0 Å². The topological polar surface area (TPSA) is 129 Å². The minimum Gasteiger partial charge on any atom is -0.449 e. The van der Waals surface area contributed by atoms with Crippen LogP contribution in [-0.4, -0.2) is 37.7 Å². The number of rotatable bonds is 7. The molecule has 0 saturated carbocycles. The SMILES string of the molecule is C[C@@H](OC(=O)c1cn(-c2ccccc2)nc1-c1cccnc1)C(=O)Nc1cccc([N+](=O)[O-])c1. The number of anilines is 1. The molecule has 0 bridgehead atoms. The van der Waals surface area contributed by atoms with E-state index in [2.05, 4.69) is 15.4 Å². The molecule has 10 nitrogen and oxygen atoms in total. The van der Waals surface area contributed by atoms with Gasteiger partial charge in [-0.3, -0.25) is 19.9 Å². The molecule has 170 valence electrons. The van der Waals surface area contributed by atoms with Crippen LogP contribution < -0.4 is 5.32 Å². The highest BCUT2D eigenvalue weighted by Gasteiger charge is 2.25. The summed E-state index contributed by atoms with van der Waals surface area (Å²) >= 11 is 0. The molecule has 0 aliphatic carbocycles. The normalized spacial score (nSPS) is 11.4. The van der Waals surface area contributed by atoms with Gasteiger partial charge in [0.1, 0.15) is 11.3 Å². The molecule has 0 spiro atoms. The van der Waals surface area contributed by atoms with Crippen molar-refractivity contribution in [1.82, 2.24) is 14.8 Å². The van der Waals surface area contributed by atoms with E-state index >= 15 is 0 Å². The third-order valence-corrected chi connectivity index (χ3v) is 4.87. The van der Waals surface area contributed by atoms with Crippen LogP contribution in [0.5, 0.6) is 0 Å². The van der Waals surface area contributed by atoms with Crippen molar-refractivity contribution in [2.45, 2.75) is 13.0 Å². The first kappa shape index (κ1) is 22.3. The van der Waals surface area contributed by atoms with Crippen molar-refractivity contribution in [2.24, 2.45) is 0 Å². The van der Waals surface area contributed by atoms with Gasteiger partial charge >= 0.3 is 5.97 Å². The lowest BCUT2D eigenvalue weighted by atomic mass is 10.1. The number of carbonyl (C=O) groups excluding carboxylic acids is 2. The summed E-state index contributed by atoms with van der Waals surface area (Å²) in [5.74, 6) is -1.38. The summed E-state index contributed by atoms with van der Waals surface area (Å²) in [6, 6.07) is 18.2. The van der Waals surface area contributed by atoms with Gasteiger partial charge in [0, 0.05) is 42.0 Å². The maximum absolute atomic E-state index is 13.0. The fraction of sp³-hybridized carbons (Fsp3) is 0.0833. The zero-order chi connectivity index (χ0) is 24.1. The molecule has 0 saturated heterocycles. The second-order valence-corrected chi connectivity index (χ2v) is 7.26. The molecule has 4 rings (SSSR count). The zero-order valence-electron chi connectivity index (χ0n) is 18.0. The van der Waals surface area contributed by atoms with Crippen LogP contribution in [-0.2, 0) is 9.53 Å². The summed E-state index contributed by atoms with van der Waals surface area (Å²) in [5, 5.41) is 18.0.